The van der Waals surface area contributed by atoms with Crippen LogP contribution >= 0.6 is 11.8 Å². The van der Waals surface area contributed by atoms with Crippen LogP contribution in [0, 0.1) is 0 Å². The molecule has 4 aromatic carbocycles. The molecule has 2 aliphatic rings. The monoisotopic (exact) mass is 572 g/mol. The summed E-state index contributed by atoms with van der Waals surface area (Å²) < 4.78 is 9.45. The van der Waals surface area contributed by atoms with Gasteiger partial charge in [-0.25, -0.2) is 0 Å². The van der Waals surface area contributed by atoms with Gasteiger partial charge >= 0.3 is 0 Å². The third kappa shape index (κ3) is 4.47. The van der Waals surface area contributed by atoms with Crippen molar-refractivity contribution in [2.24, 2.45) is 14.1 Å². The average Bonchev–Trinajstić information content (AvgIpc) is 3.60. The summed E-state index contributed by atoms with van der Waals surface area (Å²) in [5, 5.41) is 11.2. The summed E-state index contributed by atoms with van der Waals surface area (Å²) in [6.07, 6.45) is 3.89. The first-order valence-corrected chi connectivity index (χ1v) is 15.3. The second-order valence-corrected chi connectivity index (χ2v) is 12.2. The molecule has 4 heterocycles. The Morgan fingerprint density at radius 3 is 1.69 bits per heavy atom. The highest BCUT2D eigenvalue weighted by Crippen LogP contribution is 2.50. The number of rotatable bonds is 5. The Balaban J connectivity index is 1.18. The summed E-state index contributed by atoms with van der Waals surface area (Å²) in [5.74, 6) is 0. The van der Waals surface area contributed by atoms with Crippen LogP contribution in [0.3, 0.4) is 0 Å². The molecule has 210 valence electrons. The molecule has 2 aliphatic heterocycles. The van der Waals surface area contributed by atoms with Crippen LogP contribution in [0.25, 0.3) is 44.1 Å². The molecular formula is C34H32N6OS. The van der Waals surface area contributed by atoms with Crippen molar-refractivity contribution in [2.75, 3.05) is 44.3 Å². The zero-order valence-corrected chi connectivity index (χ0v) is 24.6. The van der Waals surface area contributed by atoms with E-state index < -0.39 is 0 Å². The van der Waals surface area contributed by atoms with Crippen LogP contribution in [0.15, 0.2) is 95.0 Å². The van der Waals surface area contributed by atoms with E-state index in [-0.39, 0.29) is 0 Å². The minimum absolute atomic E-state index is 0.818. The first kappa shape index (κ1) is 25.6. The Hall–Kier alpha value is -4.11. The van der Waals surface area contributed by atoms with Crippen LogP contribution < -0.4 is 4.90 Å². The van der Waals surface area contributed by atoms with E-state index in [1.165, 1.54) is 43.4 Å². The second-order valence-electron chi connectivity index (χ2n) is 11.2. The van der Waals surface area contributed by atoms with Crippen molar-refractivity contribution in [3.8, 4) is 22.3 Å². The third-order valence-corrected chi connectivity index (χ3v) is 9.72. The Morgan fingerprint density at radius 1 is 0.643 bits per heavy atom. The lowest BCUT2D eigenvalue weighted by atomic mass is 10.0. The van der Waals surface area contributed by atoms with Crippen LogP contribution in [-0.4, -0.2) is 63.9 Å². The maximum atomic E-state index is 5.60. The summed E-state index contributed by atoms with van der Waals surface area (Å²) in [6.45, 7) is 5.56. The van der Waals surface area contributed by atoms with Crippen LogP contribution in [0.4, 0.5) is 11.4 Å². The summed E-state index contributed by atoms with van der Waals surface area (Å²) in [6, 6.07) is 27.1. The van der Waals surface area contributed by atoms with Gasteiger partial charge in [-0.1, -0.05) is 36.0 Å². The maximum Gasteiger partial charge on any atom is 0.0679 e. The average molecular weight is 573 g/mol. The highest BCUT2D eigenvalue weighted by atomic mass is 32.2. The van der Waals surface area contributed by atoms with Crippen LogP contribution in [0.2, 0.25) is 0 Å². The van der Waals surface area contributed by atoms with E-state index in [1.807, 2.05) is 47.6 Å². The Morgan fingerprint density at radius 2 is 1.14 bits per heavy atom. The molecule has 0 N–H and O–H groups in total. The molecule has 42 heavy (non-hydrogen) atoms. The minimum atomic E-state index is 0.818. The lowest BCUT2D eigenvalue weighted by Crippen LogP contribution is -2.41. The van der Waals surface area contributed by atoms with Gasteiger partial charge in [-0.2, -0.15) is 10.2 Å². The van der Waals surface area contributed by atoms with E-state index in [4.69, 9.17) is 4.74 Å². The third-order valence-electron chi connectivity index (χ3n) is 8.62. The quantitative estimate of drug-likeness (QED) is 0.228. The van der Waals surface area contributed by atoms with Crippen molar-refractivity contribution in [3.63, 3.8) is 0 Å². The molecule has 2 aromatic heterocycles. The number of hydrogen-bond acceptors (Lipinski definition) is 6. The largest absolute Gasteiger partial charge is 0.379 e. The van der Waals surface area contributed by atoms with E-state index in [1.54, 1.807) is 0 Å². The second kappa shape index (κ2) is 10.3. The zero-order valence-electron chi connectivity index (χ0n) is 23.8. The van der Waals surface area contributed by atoms with Gasteiger partial charge in [-0.3, -0.25) is 14.3 Å². The van der Waals surface area contributed by atoms with Gasteiger partial charge in [0.05, 0.1) is 48.0 Å². The van der Waals surface area contributed by atoms with Gasteiger partial charge in [0.1, 0.15) is 0 Å². The molecule has 0 saturated carbocycles. The van der Waals surface area contributed by atoms with Crippen molar-refractivity contribution >= 4 is 44.9 Å². The van der Waals surface area contributed by atoms with E-state index >= 15 is 0 Å². The zero-order chi connectivity index (χ0) is 28.2. The number of ether oxygens (including phenoxy) is 1. The molecular weight excluding hydrogens is 540 g/mol. The van der Waals surface area contributed by atoms with E-state index in [0.717, 1.165) is 61.2 Å². The molecule has 0 aliphatic carbocycles. The SMILES string of the molecule is Cn1ncc2cc(-c3ccc4c(c3)Sc3cc(-c5ccc6c(cnn6C)c5)ccc3N4CCN3CCOCC3)ccc21. The molecule has 6 aromatic rings. The van der Waals surface area contributed by atoms with Gasteiger partial charge < -0.3 is 9.64 Å². The molecule has 7 nitrogen and oxygen atoms in total. The number of nitrogens with zero attached hydrogens (tertiary/aromatic N) is 6. The number of aryl methyl sites for hydroxylation is 2. The Kier molecular flexibility index (Phi) is 6.28. The Bertz CT molecular complexity index is 1820. The summed E-state index contributed by atoms with van der Waals surface area (Å²) >= 11 is 1.87. The molecule has 0 spiro atoms. The first-order chi connectivity index (χ1) is 20.6. The summed E-state index contributed by atoms with van der Waals surface area (Å²) in [5.41, 5.74) is 9.71. The molecule has 0 unspecified atom stereocenters. The van der Waals surface area contributed by atoms with E-state index in [0.29, 0.717) is 0 Å². The van der Waals surface area contributed by atoms with Gasteiger partial charge in [0.25, 0.3) is 0 Å². The summed E-state index contributed by atoms with van der Waals surface area (Å²) in [4.78, 5) is 7.60. The van der Waals surface area contributed by atoms with Crippen molar-refractivity contribution in [3.05, 3.63) is 85.2 Å². The lowest BCUT2D eigenvalue weighted by Gasteiger charge is -2.36. The molecule has 8 heteroatoms. The number of morpholine rings is 1. The van der Waals surface area contributed by atoms with Gasteiger partial charge in [-0.15, -0.1) is 0 Å². The van der Waals surface area contributed by atoms with Gasteiger partial charge in [0, 0.05) is 60.8 Å². The van der Waals surface area contributed by atoms with Crippen LogP contribution in [0.5, 0.6) is 0 Å². The minimum Gasteiger partial charge on any atom is -0.379 e. The summed E-state index contributed by atoms with van der Waals surface area (Å²) in [7, 11) is 3.98. The van der Waals surface area contributed by atoms with Crippen molar-refractivity contribution in [1.29, 1.82) is 0 Å². The molecule has 0 atom stereocenters. The smallest absolute Gasteiger partial charge is 0.0679 e. The standard InChI is InChI=1S/C34H32N6OS/c1-37-29-7-3-23(17-27(29)21-35-37)25-5-9-31-33(19-25)42-34-20-26(24-4-8-30-28(18-24)22-36-38(30)2)6-10-32(34)40(31)12-11-39-13-15-41-16-14-39/h3-10,17-22H,11-16H2,1-2H3. The first-order valence-electron chi connectivity index (χ1n) is 14.5. The van der Waals surface area contributed by atoms with Crippen molar-refractivity contribution < 1.29 is 4.74 Å². The fraction of sp³-hybridized carbons (Fsp3) is 0.235. The fourth-order valence-electron chi connectivity index (χ4n) is 6.24. The van der Waals surface area contributed by atoms with Crippen molar-refractivity contribution in [1.82, 2.24) is 24.5 Å². The molecule has 8 rings (SSSR count). The van der Waals surface area contributed by atoms with E-state index in [9.17, 15) is 0 Å². The highest BCUT2D eigenvalue weighted by molar-refractivity contribution is 7.99. The Labute approximate surface area is 249 Å². The maximum absolute atomic E-state index is 5.60. The topological polar surface area (TPSA) is 51.4 Å². The lowest BCUT2D eigenvalue weighted by molar-refractivity contribution is 0.0394. The van der Waals surface area contributed by atoms with Gasteiger partial charge in [0.2, 0.25) is 0 Å². The molecule has 0 bridgehead atoms. The molecule has 0 amide bonds. The number of hydrogen-bond donors (Lipinski definition) is 0. The van der Waals surface area contributed by atoms with Crippen molar-refractivity contribution in [2.45, 2.75) is 9.79 Å². The fourth-order valence-corrected chi connectivity index (χ4v) is 7.41. The van der Waals surface area contributed by atoms with E-state index in [2.05, 4.69) is 92.8 Å². The molecule has 0 radical (unpaired) electrons. The molecule has 1 fully saturated rings. The normalized spacial score (nSPS) is 15.3. The van der Waals surface area contributed by atoms with Crippen LogP contribution in [-0.2, 0) is 18.8 Å². The number of benzene rings is 4. The number of aromatic nitrogens is 4. The predicted octanol–water partition coefficient (Wildman–Crippen LogP) is 6.73. The predicted molar refractivity (Wildman–Crippen MR) is 171 cm³/mol. The number of anilines is 2. The van der Waals surface area contributed by atoms with Crippen LogP contribution in [0.1, 0.15) is 0 Å². The molecule has 1 saturated heterocycles. The van der Waals surface area contributed by atoms with Gasteiger partial charge in [-0.05, 0) is 70.8 Å². The van der Waals surface area contributed by atoms with Gasteiger partial charge in [0.15, 0.2) is 0 Å². The highest BCUT2D eigenvalue weighted by Gasteiger charge is 2.25. The number of fused-ring (bicyclic) bond motifs is 4.